The minimum absolute atomic E-state index is 0.434. The molecule has 0 unspecified atom stereocenters. The molecule has 1 aromatic heterocycles. The lowest BCUT2D eigenvalue weighted by Crippen LogP contribution is -2.49. The van der Waals surface area contributed by atoms with Crippen LogP contribution in [0.3, 0.4) is 0 Å². The van der Waals surface area contributed by atoms with E-state index in [1.807, 2.05) is 26.1 Å². The Balaban J connectivity index is 1.54. The maximum absolute atomic E-state index is 10.3. The van der Waals surface area contributed by atoms with Crippen molar-refractivity contribution in [1.82, 2.24) is 14.8 Å². The molecule has 4 heteroatoms. The Morgan fingerprint density at radius 2 is 1.92 bits per heavy atom. The Kier molecular flexibility index (Phi) is 4.03. The first-order valence-electron chi connectivity index (χ1n) is 9.42. The van der Waals surface area contributed by atoms with Crippen LogP contribution < -0.4 is 0 Å². The normalized spacial score (nSPS) is 27.4. The first-order chi connectivity index (χ1) is 11.5. The predicted octanol–water partition coefficient (Wildman–Crippen LogP) is 3.23. The number of nitrogens with zero attached hydrogens (tertiary/aromatic N) is 3. The van der Waals surface area contributed by atoms with Crippen LogP contribution in [0, 0.1) is 5.92 Å². The highest BCUT2D eigenvalue weighted by molar-refractivity contribution is 5.55. The third-order valence-electron chi connectivity index (χ3n) is 6.14. The number of aromatic nitrogens is 1. The van der Waals surface area contributed by atoms with E-state index < -0.39 is 5.60 Å². The topological polar surface area (TPSA) is 39.6 Å². The second-order valence-electron chi connectivity index (χ2n) is 8.18. The van der Waals surface area contributed by atoms with E-state index in [1.54, 1.807) is 0 Å². The molecule has 0 atom stereocenters. The van der Waals surface area contributed by atoms with Crippen molar-refractivity contribution in [3.63, 3.8) is 0 Å². The summed E-state index contributed by atoms with van der Waals surface area (Å²) < 4.78 is 0. The van der Waals surface area contributed by atoms with Gasteiger partial charge in [-0.3, -0.25) is 4.98 Å². The molecule has 1 N–H and O–H groups in total. The number of fused-ring (bicyclic) bond motifs is 1. The molecule has 24 heavy (non-hydrogen) atoms. The quantitative estimate of drug-likeness (QED) is 0.925. The van der Waals surface area contributed by atoms with Gasteiger partial charge in [-0.2, -0.15) is 0 Å². The average Bonchev–Trinajstić information content (AvgIpc) is 2.52. The number of hydrogen-bond donors (Lipinski definition) is 1. The molecular formula is C20H29N3O. The van der Waals surface area contributed by atoms with E-state index in [0.29, 0.717) is 12.0 Å². The van der Waals surface area contributed by atoms with Crippen molar-refractivity contribution in [2.75, 3.05) is 13.1 Å². The molecule has 0 aromatic carbocycles. The maximum atomic E-state index is 10.3. The lowest BCUT2D eigenvalue weighted by molar-refractivity contribution is -0.0139. The largest absolute Gasteiger partial charge is 0.390 e. The van der Waals surface area contributed by atoms with Crippen molar-refractivity contribution >= 4 is 6.08 Å². The SMILES string of the molecule is CC(C)(O)C1CCC(N2Cc3cccnc3C=C2N2CCC2)CC1. The van der Waals surface area contributed by atoms with E-state index >= 15 is 0 Å². The van der Waals surface area contributed by atoms with E-state index in [2.05, 4.69) is 26.9 Å². The highest BCUT2D eigenvalue weighted by atomic mass is 16.3. The Labute approximate surface area is 145 Å². The lowest BCUT2D eigenvalue weighted by atomic mass is 9.76. The summed E-state index contributed by atoms with van der Waals surface area (Å²) in [5.74, 6) is 1.81. The van der Waals surface area contributed by atoms with Gasteiger partial charge in [-0.1, -0.05) is 6.07 Å². The number of aliphatic hydroxyl groups is 1. The summed E-state index contributed by atoms with van der Waals surface area (Å²) in [7, 11) is 0. The van der Waals surface area contributed by atoms with Gasteiger partial charge in [-0.05, 0) is 63.5 Å². The van der Waals surface area contributed by atoms with Crippen molar-refractivity contribution in [2.45, 2.75) is 64.1 Å². The Morgan fingerprint density at radius 3 is 2.54 bits per heavy atom. The lowest BCUT2D eigenvalue weighted by Gasteiger charge is -2.48. The summed E-state index contributed by atoms with van der Waals surface area (Å²) in [4.78, 5) is 9.69. The number of rotatable bonds is 3. The van der Waals surface area contributed by atoms with Crippen molar-refractivity contribution in [3.8, 4) is 0 Å². The van der Waals surface area contributed by atoms with Gasteiger partial charge in [0, 0.05) is 37.9 Å². The standard InChI is InChI=1S/C20H29N3O/c1-20(2,24)16-6-8-17(9-7-16)23-14-15-5-3-10-21-18(15)13-19(23)22-11-4-12-22/h3,5,10,13,16-17,24H,4,6-9,11-12,14H2,1-2H3. The monoisotopic (exact) mass is 327 g/mol. The van der Waals surface area contributed by atoms with Crippen LogP contribution in [0.15, 0.2) is 24.2 Å². The third-order valence-corrected chi connectivity index (χ3v) is 6.14. The Hall–Kier alpha value is -1.55. The van der Waals surface area contributed by atoms with Crippen LogP contribution in [-0.4, -0.2) is 44.6 Å². The highest BCUT2D eigenvalue weighted by Crippen LogP contribution is 2.38. The highest BCUT2D eigenvalue weighted by Gasteiger charge is 2.36. The molecule has 2 aliphatic heterocycles. The zero-order valence-corrected chi connectivity index (χ0v) is 14.9. The molecule has 1 saturated carbocycles. The molecule has 0 amide bonds. The fraction of sp³-hybridized carbons (Fsp3) is 0.650. The summed E-state index contributed by atoms with van der Waals surface area (Å²) in [6.45, 7) is 7.24. The van der Waals surface area contributed by atoms with Crippen LogP contribution in [0.5, 0.6) is 0 Å². The van der Waals surface area contributed by atoms with Gasteiger partial charge in [-0.15, -0.1) is 0 Å². The molecule has 0 bridgehead atoms. The van der Waals surface area contributed by atoms with Crippen LogP contribution >= 0.6 is 0 Å². The van der Waals surface area contributed by atoms with Gasteiger partial charge in [-0.25, -0.2) is 0 Å². The first kappa shape index (κ1) is 15.9. The number of hydrogen-bond acceptors (Lipinski definition) is 4. The second-order valence-corrected chi connectivity index (χ2v) is 8.18. The average molecular weight is 327 g/mol. The maximum Gasteiger partial charge on any atom is 0.107 e. The molecule has 4 rings (SSSR count). The summed E-state index contributed by atoms with van der Waals surface area (Å²) in [5.41, 5.74) is 1.94. The van der Waals surface area contributed by atoms with Crippen LogP contribution in [0.4, 0.5) is 0 Å². The van der Waals surface area contributed by atoms with Gasteiger partial charge in [0.25, 0.3) is 0 Å². The Bertz CT molecular complexity index is 622. The van der Waals surface area contributed by atoms with Crippen LogP contribution in [0.25, 0.3) is 6.08 Å². The molecular weight excluding hydrogens is 298 g/mol. The zero-order chi connectivity index (χ0) is 16.7. The van der Waals surface area contributed by atoms with E-state index in [1.165, 1.54) is 43.7 Å². The third kappa shape index (κ3) is 2.92. The second kappa shape index (κ2) is 6.07. The molecule has 1 saturated heterocycles. The van der Waals surface area contributed by atoms with E-state index in [-0.39, 0.29) is 0 Å². The molecule has 1 aromatic rings. The summed E-state index contributed by atoms with van der Waals surface area (Å²) in [5, 5.41) is 10.3. The van der Waals surface area contributed by atoms with Gasteiger partial charge in [0.15, 0.2) is 0 Å². The fourth-order valence-corrected chi connectivity index (χ4v) is 4.41. The summed E-state index contributed by atoms with van der Waals surface area (Å²) in [6, 6.07) is 4.84. The minimum Gasteiger partial charge on any atom is -0.390 e. The van der Waals surface area contributed by atoms with Gasteiger partial charge < -0.3 is 14.9 Å². The summed E-state index contributed by atoms with van der Waals surface area (Å²) >= 11 is 0. The van der Waals surface area contributed by atoms with E-state index in [9.17, 15) is 5.11 Å². The molecule has 4 nitrogen and oxygen atoms in total. The van der Waals surface area contributed by atoms with Crippen molar-refractivity contribution in [3.05, 3.63) is 35.4 Å². The van der Waals surface area contributed by atoms with Gasteiger partial charge in [0.2, 0.25) is 0 Å². The minimum atomic E-state index is -0.542. The fourth-order valence-electron chi connectivity index (χ4n) is 4.41. The van der Waals surface area contributed by atoms with Gasteiger partial charge in [0.1, 0.15) is 5.82 Å². The molecule has 2 fully saturated rings. The van der Waals surface area contributed by atoms with Crippen LogP contribution in [0.2, 0.25) is 0 Å². The predicted molar refractivity (Wildman–Crippen MR) is 96.0 cm³/mol. The van der Waals surface area contributed by atoms with Crippen molar-refractivity contribution < 1.29 is 5.11 Å². The molecule has 3 heterocycles. The van der Waals surface area contributed by atoms with Crippen molar-refractivity contribution in [2.24, 2.45) is 5.92 Å². The number of likely N-dealkylation sites (tertiary alicyclic amines) is 1. The summed E-state index contributed by atoms with van der Waals surface area (Å²) in [6.07, 6.45) is 10.1. The van der Waals surface area contributed by atoms with Crippen LogP contribution in [-0.2, 0) is 6.54 Å². The number of pyridine rings is 1. The van der Waals surface area contributed by atoms with Gasteiger partial charge >= 0.3 is 0 Å². The Morgan fingerprint density at radius 1 is 1.17 bits per heavy atom. The first-order valence-corrected chi connectivity index (χ1v) is 9.42. The van der Waals surface area contributed by atoms with E-state index in [0.717, 1.165) is 25.1 Å². The molecule has 130 valence electrons. The smallest absolute Gasteiger partial charge is 0.107 e. The van der Waals surface area contributed by atoms with Gasteiger partial charge in [0.05, 0.1) is 11.3 Å². The van der Waals surface area contributed by atoms with Crippen molar-refractivity contribution in [1.29, 1.82) is 0 Å². The van der Waals surface area contributed by atoms with E-state index in [4.69, 9.17) is 0 Å². The zero-order valence-electron chi connectivity index (χ0n) is 14.9. The van der Waals surface area contributed by atoms with Crippen LogP contribution in [0.1, 0.15) is 57.2 Å². The molecule has 0 radical (unpaired) electrons. The molecule has 3 aliphatic rings. The molecule has 1 aliphatic carbocycles. The molecule has 0 spiro atoms.